The van der Waals surface area contributed by atoms with Crippen LogP contribution in [0.15, 0.2) is 97.1 Å². The van der Waals surface area contributed by atoms with Gasteiger partial charge >= 0.3 is 27.1 Å². The predicted octanol–water partition coefficient (Wildman–Crippen LogP) is 20.7. The molecule has 0 amide bonds. The van der Waals surface area contributed by atoms with E-state index in [9.17, 15) is 18.7 Å². The van der Waals surface area contributed by atoms with E-state index in [0.717, 1.165) is 146 Å². The molecule has 468 valence electrons. The highest BCUT2D eigenvalue weighted by Gasteiger charge is 2.33. The van der Waals surface area contributed by atoms with Gasteiger partial charge in [0.1, 0.15) is 45.4 Å². The molecule has 12 rings (SSSR count). The van der Waals surface area contributed by atoms with E-state index in [4.69, 9.17) is 46.5 Å². The standard InChI is InChI=1S/C63H62O14P2S10/c1-5-74-78(66,75-6-2)52-30-28-44(86-52)42-18-24-48(82-42)60-56-54(68-34-36-70-56)58(88-60)46-22-16-38(80-46)40-20-26-50(84-40)62(64)72-32-14-12-10-9-11-13-15-33-73-63(65)51-27-21-41(85-51)39-17-23-47(81-39)59-55-57(71-37-35-69-55)61(89-59)49-25-19-43(83-49)45-29-31-53(87-45)79(67,76-7-3)77-8-4/h16-31H,5-15,32-37H2,1-4H3. The largest absolute Gasteiger partial charge is 0.485 e. The minimum Gasteiger partial charge on any atom is -0.485 e. The molecule has 0 N–H and O–H groups in total. The summed E-state index contributed by atoms with van der Waals surface area (Å²) in [6.45, 7) is 11.1. The van der Waals surface area contributed by atoms with E-state index in [-0.39, 0.29) is 11.9 Å². The van der Waals surface area contributed by atoms with Crippen LogP contribution >= 0.6 is 129 Å². The molecule has 0 aliphatic carbocycles. The molecule has 0 atom stereocenters. The van der Waals surface area contributed by atoms with Crippen molar-refractivity contribution < 1.29 is 65.2 Å². The molecule has 0 radical (unpaired) electrons. The summed E-state index contributed by atoms with van der Waals surface area (Å²) < 4.78 is 86.9. The third-order valence-electron chi connectivity index (χ3n) is 13.9. The predicted molar refractivity (Wildman–Crippen MR) is 371 cm³/mol. The number of hydrogen-bond donors (Lipinski definition) is 0. The molecule has 10 aromatic heterocycles. The lowest BCUT2D eigenvalue weighted by Gasteiger charge is -2.16. The van der Waals surface area contributed by atoms with Crippen LogP contribution in [0.4, 0.5) is 0 Å². The third-order valence-corrected chi connectivity index (χ3v) is 31.6. The van der Waals surface area contributed by atoms with E-state index in [1.165, 1.54) is 45.3 Å². The lowest BCUT2D eigenvalue weighted by Crippen LogP contribution is -2.14. The summed E-state index contributed by atoms with van der Waals surface area (Å²) in [4.78, 5) is 43.8. The Morgan fingerprint density at radius 1 is 0.337 bits per heavy atom. The maximum absolute atomic E-state index is 13.4. The van der Waals surface area contributed by atoms with Crippen LogP contribution in [0.3, 0.4) is 0 Å². The lowest BCUT2D eigenvalue weighted by molar-refractivity contribution is 0.0496. The second kappa shape index (κ2) is 29.6. The Kier molecular flexibility index (Phi) is 21.5. The monoisotopic (exact) mass is 1420 g/mol. The summed E-state index contributed by atoms with van der Waals surface area (Å²) in [6, 6.07) is 32.0. The summed E-state index contributed by atoms with van der Waals surface area (Å²) in [5.41, 5.74) is 0. The number of hydrogen-bond acceptors (Lipinski definition) is 24. The average Bonchev–Trinajstić information content (AvgIpc) is 2.02. The van der Waals surface area contributed by atoms with Crippen LogP contribution in [-0.4, -0.2) is 78.0 Å². The summed E-state index contributed by atoms with van der Waals surface area (Å²) in [5.74, 6) is 2.40. The second-order valence-electron chi connectivity index (χ2n) is 19.9. The fraction of sp³-hybridized carbons (Fsp3) is 0.333. The molecule has 0 spiro atoms. The summed E-state index contributed by atoms with van der Waals surface area (Å²) in [7, 11) is -6.76. The molecule has 2 aliphatic rings. The molecule has 12 heterocycles. The second-order valence-corrected chi connectivity index (χ2v) is 35.2. The van der Waals surface area contributed by atoms with Gasteiger partial charge in [-0.2, -0.15) is 0 Å². The van der Waals surface area contributed by atoms with Gasteiger partial charge in [0.2, 0.25) is 0 Å². The van der Waals surface area contributed by atoms with Crippen LogP contribution < -0.4 is 28.2 Å². The normalized spacial score (nSPS) is 13.2. The van der Waals surface area contributed by atoms with Crippen molar-refractivity contribution in [3.05, 3.63) is 107 Å². The summed E-state index contributed by atoms with van der Waals surface area (Å²) in [6.07, 6.45) is 6.67. The van der Waals surface area contributed by atoms with Crippen molar-refractivity contribution in [2.24, 2.45) is 0 Å². The van der Waals surface area contributed by atoms with Crippen molar-refractivity contribution in [2.45, 2.75) is 72.6 Å². The molecule has 2 aliphatic heterocycles. The molecule has 0 saturated carbocycles. The number of rotatable bonds is 30. The van der Waals surface area contributed by atoms with Crippen molar-refractivity contribution >= 4 is 150 Å². The SMILES string of the molecule is CCOP(=O)(OCC)c1ccc(-c2ccc(-c3sc(-c4ccc(-c5ccc(C(=O)OCCCCCCCCCOC(=O)c6ccc(-c7ccc(-c8sc(-c9ccc(-c%10ccc(P(=O)(OCC)OCC)s%10)s9)c9c8OCCO9)s7)s6)s5)s4)c4c3OCCO4)s2)s1. The summed E-state index contributed by atoms with van der Waals surface area (Å²) in [5, 5.41) is 0. The lowest BCUT2D eigenvalue weighted by atomic mass is 10.1. The van der Waals surface area contributed by atoms with Gasteiger partial charge in [0.25, 0.3) is 0 Å². The summed E-state index contributed by atoms with van der Waals surface area (Å²) >= 11 is 15.6. The Bertz CT molecular complexity index is 3880. The van der Waals surface area contributed by atoms with E-state index in [1.807, 2.05) is 76.2 Å². The van der Waals surface area contributed by atoms with Crippen molar-refractivity contribution in [1.82, 2.24) is 0 Å². The van der Waals surface area contributed by atoms with E-state index < -0.39 is 15.2 Å². The van der Waals surface area contributed by atoms with Crippen LogP contribution in [-0.2, 0) is 36.7 Å². The van der Waals surface area contributed by atoms with Gasteiger partial charge in [-0.1, -0.05) is 32.1 Å². The van der Waals surface area contributed by atoms with E-state index in [2.05, 4.69) is 48.5 Å². The van der Waals surface area contributed by atoms with E-state index in [1.54, 1.807) is 68.0 Å². The molecule has 14 nitrogen and oxygen atoms in total. The smallest absolute Gasteiger partial charge is 0.371 e. The highest BCUT2D eigenvalue weighted by Crippen LogP contribution is 2.60. The average molecular weight is 1430 g/mol. The zero-order valence-corrected chi connectivity index (χ0v) is 58.9. The van der Waals surface area contributed by atoms with Crippen LogP contribution in [0.5, 0.6) is 23.0 Å². The van der Waals surface area contributed by atoms with Gasteiger partial charge in [0, 0.05) is 58.5 Å². The first-order valence-corrected chi connectivity index (χ1v) is 40.5. The fourth-order valence-electron chi connectivity index (χ4n) is 9.86. The highest BCUT2D eigenvalue weighted by atomic mass is 32.1. The van der Waals surface area contributed by atoms with Gasteiger partial charge in [-0.05, 0) is 138 Å². The maximum Gasteiger partial charge on any atom is 0.371 e. The topological polar surface area (TPSA) is 161 Å². The van der Waals surface area contributed by atoms with Crippen LogP contribution in [0.25, 0.3) is 78.0 Å². The minimum atomic E-state index is -3.38. The molecule has 0 aromatic carbocycles. The number of carbonyl (C=O) groups excluding carboxylic acids is 2. The molecular weight excluding hydrogens is 1360 g/mol. The Balaban J connectivity index is 0.561. The Morgan fingerprint density at radius 2 is 0.596 bits per heavy atom. The number of unbranched alkanes of at least 4 members (excludes halogenated alkanes) is 6. The molecule has 10 aromatic rings. The van der Waals surface area contributed by atoms with E-state index >= 15 is 0 Å². The Hall–Kier alpha value is -4.56. The number of fused-ring (bicyclic) bond motifs is 2. The quantitative estimate of drug-likeness (QED) is 0.0238. The number of carbonyl (C=O) groups is 2. The number of thiophene rings is 10. The van der Waals surface area contributed by atoms with Crippen LogP contribution in [0.1, 0.15) is 92.0 Å². The van der Waals surface area contributed by atoms with Crippen molar-refractivity contribution in [2.75, 3.05) is 66.1 Å². The molecule has 0 bridgehead atoms. The first kappa shape index (κ1) is 64.5. The van der Waals surface area contributed by atoms with Gasteiger partial charge in [-0.25, -0.2) is 9.59 Å². The van der Waals surface area contributed by atoms with Gasteiger partial charge in [-0.15, -0.1) is 113 Å². The first-order valence-electron chi connectivity index (χ1n) is 29.3. The Morgan fingerprint density at radius 3 is 0.910 bits per heavy atom. The Labute approximate surface area is 556 Å². The van der Waals surface area contributed by atoms with Crippen molar-refractivity contribution in [1.29, 1.82) is 0 Å². The number of esters is 2. The van der Waals surface area contributed by atoms with Crippen molar-refractivity contribution in [3.63, 3.8) is 0 Å². The molecule has 0 fully saturated rings. The fourth-order valence-corrected chi connectivity index (χ4v) is 25.0. The third kappa shape index (κ3) is 14.5. The van der Waals surface area contributed by atoms with Gasteiger partial charge in [0.15, 0.2) is 23.0 Å². The molecular formula is C63H62O14P2S10. The van der Waals surface area contributed by atoms with Crippen molar-refractivity contribution in [3.8, 4) is 101 Å². The molecule has 0 saturated heterocycles. The zero-order chi connectivity index (χ0) is 61.5. The van der Waals surface area contributed by atoms with Gasteiger partial charge < -0.3 is 46.5 Å². The number of ether oxygens (including phenoxy) is 6. The maximum atomic E-state index is 13.4. The van der Waals surface area contributed by atoms with Gasteiger partial charge in [-0.3, -0.25) is 9.13 Å². The van der Waals surface area contributed by atoms with Gasteiger partial charge in [0.05, 0.1) is 59.1 Å². The minimum absolute atomic E-state index is 0.296. The van der Waals surface area contributed by atoms with Crippen LogP contribution in [0.2, 0.25) is 0 Å². The van der Waals surface area contributed by atoms with Crippen LogP contribution in [0, 0.1) is 0 Å². The zero-order valence-electron chi connectivity index (χ0n) is 49.0. The first-order chi connectivity index (χ1) is 43.5. The molecule has 26 heteroatoms. The highest BCUT2D eigenvalue weighted by molar-refractivity contribution is 7.69. The molecule has 89 heavy (non-hydrogen) atoms. The molecule has 0 unspecified atom stereocenters. The van der Waals surface area contributed by atoms with E-state index in [0.29, 0.717) is 85.1 Å².